The van der Waals surface area contributed by atoms with Gasteiger partial charge in [0, 0.05) is 12.6 Å². The highest BCUT2D eigenvalue weighted by atomic mass is 32.2. The highest BCUT2D eigenvalue weighted by molar-refractivity contribution is 7.89. The van der Waals surface area contributed by atoms with E-state index in [1.165, 1.54) is 4.31 Å². The number of amides is 1. The number of hydrogen-bond acceptors (Lipinski definition) is 3. The van der Waals surface area contributed by atoms with E-state index in [2.05, 4.69) is 5.32 Å². The first-order valence-electron chi connectivity index (χ1n) is 9.23. The number of rotatable bonds is 9. The van der Waals surface area contributed by atoms with Gasteiger partial charge >= 0.3 is 0 Å². The molecule has 2 aromatic rings. The Bertz CT molecular complexity index is 833. The minimum Gasteiger partial charge on any atom is -0.353 e. The van der Waals surface area contributed by atoms with Crippen molar-refractivity contribution in [3.8, 4) is 0 Å². The summed E-state index contributed by atoms with van der Waals surface area (Å²) in [6.45, 7) is 5.84. The van der Waals surface area contributed by atoms with Crippen molar-refractivity contribution in [1.29, 1.82) is 0 Å². The number of sulfonamides is 1. The number of carbonyl (C=O) groups is 1. The highest BCUT2D eigenvalue weighted by Crippen LogP contribution is 2.17. The summed E-state index contributed by atoms with van der Waals surface area (Å²) in [5.74, 6) is -0.284. The molecule has 0 heterocycles. The lowest BCUT2D eigenvalue weighted by molar-refractivity contribution is -0.121. The van der Waals surface area contributed by atoms with Crippen molar-refractivity contribution in [2.24, 2.45) is 0 Å². The van der Waals surface area contributed by atoms with Crippen molar-refractivity contribution in [2.75, 3.05) is 13.1 Å². The summed E-state index contributed by atoms with van der Waals surface area (Å²) in [5, 5.41) is 2.85. The molecule has 146 valence electrons. The van der Waals surface area contributed by atoms with E-state index in [9.17, 15) is 13.2 Å². The van der Waals surface area contributed by atoms with Crippen molar-refractivity contribution in [3.05, 3.63) is 65.7 Å². The van der Waals surface area contributed by atoms with Gasteiger partial charge in [-0.2, -0.15) is 4.31 Å². The van der Waals surface area contributed by atoms with E-state index in [-0.39, 0.29) is 29.9 Å². The molecule has 0 fully saturated rings. The van der Waals surface area contributed by atoms with Crippen LogP contribution in [0, 0.1) is 6.92 Å². The highest BCUT2D eigenvalue weighted by Gasteiger charge is 2.26. The van der Waals surface area contributed by atoms with Crippen molar-refractivity contribution in [2.45, 2.75) is 44.6 Å². The molecule has 0 bridgehead atoms. The predicted molar refractivity (Wildman–Crippen MR) is 108 cm³/mol. The van der Waals surface area contributed by atoms with E-state index in [0.29, 0.717) is 6.42 Å². The molecule has 27 heavy (non-hydrogen) atoms. The fourth-order valence-electron chi connectivity index (χ4n) is 2.62. The van der Waals surface area contributed by atoms with Gasteiger partial charge in [-0.25, -0.2) is 8.42 Å². The minimum atomic E-state index is -3.75. The molecule has 0 unspecified atom stereocenters. The number of nitrogens with one attached hydrogen (secondary N) is 1. The van der Waals surface area contributed by atoms with Crippen LogP contribution < -0.4 is 5.32 Å². The molecule has 0 saturated carbocycles. The van der Waals surface area contributed by atoms with Gasteiger partial charge in [-0.15, -0.1) is 0 Å². The molecule has 1 N–H and O–H groups in total. The van der Waals surface area contributed by atoms with Crippen LogP contribution in [0.3, 0.4) is 0 Å². The van der Waals surface area contributed by atoms with E-state index in [1.807, 2.05) is 51.1 Å². The van der Waals surface area contributed by atoms with Crippen LogP contribution >= 0.6 is 0 Å². The van der Waals surface area contributed by atoms with E-state index in [1.54, 1.807) is 24.3 Å². The van der Waals surface area contributed by atoms with Crippen LogP contribution in [-0.2, 0) is 21.2 Å². The standard InChI is InChI=1S/C21H28N2O3S/c1-4-18(3)22-21(24)16-23(15-14-19-8-6-5-7-9-19)27(25,26)20-12-10-17(2)11-13-20/h5-13,18H,4,14-16H2,1-3H3,(H,22,24)/t18-/m0/s1. The van der Waals surface area contributed by atoms with Crippen molar-refractivity contribution < 1.29 is 13.2 Å². The van der Waals surface area contributed by atoms with E-state index < -0.39 is 10.0 Å². The first kappa shape index (κ1) is 21.1. The fourth-order valence-corrected chi connectivity index (χ4v) is 4.02. The SMILES string of the molecule is CC[C@H](C)NC(=O)CN(CCc1ccccc1)S(=O)(=O)c1ccc(C)cc1. The summed E-state index contributed by atoms with van der Waals surface area (Å²) < 4.78 is 27.5. The molecule has 1 amide bonds. The summed E-state index contributed by atoms with van der Waals surface area (Å²) in [7, 11) is -3.75. The van der Waals surface area contributed by atoms with Gasteiger partial charge in [-0.05, 0) is 44.4 Å². The second-order valence-electron chi connectivity index (χ2n) is 6.76. The summed E-state index contributed by atoms with van der Waals surface area (Å²) in [6, 6.07) is 16.4. The molecule has 0 aromatic heterocycles. The number of hydrogen-bond donors (Lipinski definition) is 1. The van der Waals surface area contributed by atoms with Gasteiger partial charge in [0.15, 0.2) is 0 Å². The zero-order chi connectivity index (χ0) is 19.9. The second kappa shape index (κ2) is 9.67. The van der Waals surface area contributed by atoms with Gasteiger partial charge in [0.2, 0.25) is 15.9 Å². The Labute approximate surface area is 162 Å². The van der Waals surface area contributed by atoms with Gasteiger partial charge in [-0.3, -0.25) is 4.79 Å². The van der Waals surface area contributed by atoms with E-state index in [0.717, 1.165) is 17.5 Å². The zero-order valence-electron chi connectivity index (χ0n) is 16.2. The van der Waals surface area contributed by atoms with E-state index in [4.69, 9.17) is 0 Å². The van der Waals surface area contributed by atoms with Crippen LogP contribution in [0.4, 0.5) is 0 Å². The smallest absolute Gasteiger partial charge is 0.243 e. The Morgan fingerprint density at radius 3 is 2.30 bits per heavy atom. The van der Waals surface area contributed by atoms with Crippen LogP contribution in [0.25, 0.3) is 0 Å². The van der Waals surface area contributed by atoms with E-state index >= 15 is 0 Å². The van der Waals surface area contributed by atoms with Gasteiger partial charge in [0.25, 0.3) is 0 Å². The third-order valence-corrected chi connectivity index (χ3v) is 6.35. The first-order valence-corrected chi connectivity index (χ1v) is 10.7. The molecule has 0 saturated heterocycles. The first-order chi connectivity index (χ1) is 12.8. The largest absolute Gasteiger partial charge is 0.353 e. The lowest BCUT2D eigenvalue weighted by atomic mass is 10.1. The quantitative estimate of drug-likeness (QED) is 0.718. The Hall–Kier alpha value is -2.18. The second-order valence-corrected chi connectivity index (χ2v) is 8.70. The normalized spacial score (nSPS) is 12.7. The predicted octanol–water partition coefficient (Wildman–Crippen LogP) is 3.14. The van der Waals surface area contributed by atoms with Crippen LogP contribution in [0.2, 0.25) is 0 Å². The molecule has 6 heteroatoms. The molecule has 2 aromatic carbocycles. The van der Waals surface area contributed by atoms with Gasteiger partial charge < -0.3 is 5.32 Å². The summed E-state index contributed by atoms with van der Waals surface area (Å²) in [4.78, 5) is 12.6. The average Bonchev–Trinajstić information content (AvgIpc) is 2.66. The Morgan fingerprint density at radius 1 is 1.07 bits per heavy atom. The molecule has 0 spiro atoms. The van der Waals surface area contributed by atoms with Crippen molar-refractivity contribution in [1.82, 2.24) is 9.62 Å². The number of carbonyl (C=O) groups excluding carboxylic acids is 1. The number of benzene rings is 2. The average molecular weight is 389 g/mol. The van der Waals surface area contributed by atoms with Crippen LogP contribution in [0.15, 0.2) is 59.5 Å². The lowest BCUT2D eigenvalue weighted by Gasteiger charge is -2.23. The molecule has 0 aliphatic heterocycles. The molecule has 0 aliphatic rings. The molecule has 5 nitrogen and oxygen atoms in total. The van der Waals surface area contributed by atoms with Gasteiger partial charge in [0.05, 0.1) is 11.4 Å². The fraction of sp³-hybridized carbons (Fsp3) is 0.381. The molecule has 0 radical (unpaired) electrons. The van der Waals surface area contributed by atoms with Crippen LogP contribution in [0.5, 0.6) is 0 Å². The summed E-state index contributed by atoms with van der Waals surface area (Å²) in [5.41, 5.74) is 2.02. The Balaban J connectivity index is 2.21. The third-order valence-electron chi connectivity index (χ3n) is 4.49. The monoisotopic (exact) mass is 388 g/mol. The zero-order valence-corrected chi connectivity index (χ0v) is 17.0. The topological polar surface area (TPSA) is 66.5 Å². The lowest BCUT2D eigenvalue weighted by Crippen LogP contribution is -2.44. The maximum Gasteiger partial charge on any atom is 0.243 e. The maximum atomic E-state index is 13.1. The Morgan fingerprint density at radius 2 is 1.70 bits per heavy atom. The molecular weight excluding hydrogens is 360 g/mol. The number of nitrogens with zero attached hydrogens (tertiary/aromatic N) is 1. The summed E-state index contributed by atoms with van der Waals surface area (Å²) >= 11 is 0. The molecule has 2 rings (SSSR count). The van der Waals surface area contributed by atoms with Crippen molar-refractivity contribution in [3.63, 3.8) is 0 Å². The summed E-state index contributed by atoms with van der Waals surface area (Å²) in [6.07, 6.45) is 1.34. The van der Waals surface area contributed by atoms with Gasteiger partial charge in [-0.1, -0.05) is 55.0 Å². The van der Waals surface area contributed by atoms with Gasteiger partial charge in [0.1, 0.15) is 0 Å². The van der Waals surface area contributed by atoms with Crippen LogP contribution in [0.1, 0.15) is 31.4 Å². The number of aryl methyl sites for hydroxylation is 1. The van der Waals surface area contributed by atoms with Crippen molar-refractivity contribution >= 4 is 15.9 Å². The molecule has 0 aliphatic carbocycles. The molecular formula is C21H28N2O3S. The Kier molecular flexibility index (Phi) is 7.56. The molecule has 1 atom stereocenters. The third kappa shape index (κ3) is 6.19. The minimum absolute atomic E-state index is 0.00977. The maximum absolute atomic E-state index is 13.1. The van der Waals surface area contributed by atoms with Crippen LogP contribution in [-0.4, -0.2) is 37.8 Å².